The molecule has 0 aliphatic heterocycles. The Morgan fingerprint density at radius 1 is 1.07 bits per heavy atom. The summed E-state index contributed by atoms with van der Waals surface area (Å²) < 4.78 is 61.9. The highest BCUT2D eigenvalue weighted by molar-refractivity contribution is 5.81. The van der Waals surface area contributed by atoms with Crippen molar-refractivity contribution in [2.24, 2.45) is 5.10 Å². The predicted molar refractivity (Wildman–Crippen MR) is 104 cm³/mol. The van der Waals surface area contributed by atoms with Crippen LogP contribution in [-0.2, 0) is 12.8 Å². The van der Waals surface area contributed by atoms with Gasteiger partial charge in [0.1, 0.15) is 18.2 Å². The fraction of sp³-hybridized carbons (Fsp3) is 0.143. The van der Waals surface area contributed by atoms with Crippen LogP contribution in [0.4, 0.5) is 23.4 Å². The lowest BCUT2D eigenvalue weighted by Crippen LogP contribution is -2.05. The molecule has 0 spiro atoms. The molecule has 0 bridgehead atoms. The smallest absolute Gasteiger partial charge is 0.417 e. The van der Waals surface area contributed by atoms with Crippen LogP contribution in [0.3, 0.4) is 0 Å². The molecule has 0 saturated carbocycles. The fourth-order valence-corrected chi connectivity index (χ4v) is 2.47. The third-order valence-corrected chi connectivity index (χ3v) is 3.95. The zero-order chi connectivity index (χ0) is 21.6. The maximum atomic E-state index is 13.2. The third-order valence-electron chi connectivity index (χ3n) is 3.95. The van der Waals surface area contributed by atoms with Gasteiger partial charge in [0, 0.05) is 6.20 Å². The third kappa shape index (κ3) is 5.69. The van der Waals surface area contributed by atoms with Crippen LogP contribution < -0.4 is 14.9 Å². The highest BCUT2D eigenvalue weighted by Crippen LogP contribution is 2.29. The molecule has 0 atom stereocenters. The molecule has 3 rings (SSSR count). The standard InChI is InChI=1S/C21H17F4N3O2/c1-29-19-10-14(5-7-18(19)30-13-15-3-2-4-17(22)9-15)11-27-28-20-8-6-16(12-26-20)21(23,24)25/h2-12H,13H2,1H3,(H,26,28)/b27-11-. The van der Waals surface area contributed by atoms with E-state index in [2.05, 4.69) is 15.5 Å². The first-order valence-electron chi connectivity index (χ1n) is 8.73. The number of benzene rings is 2. The quantitative estimate of drug-likeness (QED) is 0.322. The van der Waals surface area contributed by atoms with Gasteiger partial charge in [-0.15, -0.1) is 0 Å². The van der Waals surface area contributed by atoms with Crippen molar-refractivity contribution in [2.75, 3.05) is 12.5 Å². The van der Waals surface area contributed by atoms with E-state index in [1.807, 2.05) is 0 Å². The SMILES string of the molecule is COc1cc(/C=N\Nc2ccc(C(F)(F)F)cn2)ccc1OCc1cccc(F)c1. The minimum absolute atomic E-state index is 0.168. The number of rotatable bonds is 7. The molecule has 0 saturated heterocycles. The first-order valence-corrected chi connectivity index (χ1v) is 8.73. The van der Waals surface area contributed by atoms with Gasteiger partial charge in [-0.05, 0) is 53.6 Å². The van der Waals surface area contributed by atoms with Crippen molar-refractivity contribution in [1.82, 2.24) is 4.98 Å². The maximum absolute atomic E-state index is 13.2. The van der Waals surface area contributed by atoms with Crippen LogP contribution in [0.15, 0.2) is 65.9 Å². The zero-order valence-electron chi connectivity index (χ0n) is 15.8. The molecule has 5 nitrogen and oxygen atoms in total. The minimum atomic E-state index is -4.44. The average molecular weight is 419 g/mol. The Labute approximate surface area is 170 Å². The molecule has 9 heteroatoms. The molecule has 156 valence electrons. The number of aromatic nitrogens is 1. The lowest BCUT2D eigenvalue weighted by atomic mass is 10.2. The number of nitrogens with zero attached hydrogens (tertiary/aromatic N) is 2. The van der Waals surface area contributed by atoms with Gasteiger partial charge in [0.05, 0.1) is 18.9 Å². The molecule has 0 aliphatic rings. The second-order valence-corrected chi connectivity index (χ2v) is 6.13. The van der Waals surface area contributed by atoms with Crippen molar-refractivity contribution in [3.8, 4) is 11.5 Å². The number of ether oxygens (including phenoxy) is 2. The molecular formula is C21H17F4N3O2. The number of methoxy groups -OCH3 is 1. The van der Waals surface area contributed by atoms with E-state index in [0.717, 1.165) is 12.3 Å². The number of anilines is 1. The summed E-state index contributed by atoms with van der Waals surface area (Å²) in [5.74, 6) is 0.741. The predicted octanol–water partition coefficient (Wildman–Crippen LogP) is 5.27. The summed E-state index contributed by atoms with van der Waals surface area (Å²) in [6.07, 6.45) is -2.26. The normalized spacial score (nSPS) is 11.5. The number of hydrazone groups is 1. The molecule has 0 fully saturated rings. The monoisotopic (exact) mass is 419 g/mol. The van der Waals surface area contributed by atoms with Gasteiger partial charge in [0.15, 0.2) is 11.5 Å². The lowest BCUT2D eigenvalue weighted by molar-refractivity contribution is -0.137. The zero-order valence-corrected chi connectivity index (χ0v) is 15.8. The van der Waals surface area contributed by atoms with Gasteiger partial charge in [0.25, 0.3) is 0 Å². The van der Waals surface area contributed by atoms with E-state index in [1.54, 1.807) is 30.3 Å². The van der Waals surface area contributed by atoms with Gasteiger partial charge in [-0.1, -0.05) is 12.1 Å². The molecule has 0 unspecified atom stereocenters. The summed E-state index contributed by atoms with van der Waals surface area (Å²) in [5, 5.41) is 3.96. The molecule has 1 heterocycles. The van der Waals surface area contributed by atoms with Gasteiger partial charge in [0.2, 0.25) is 0 Å². The second kappa shape index (κ2) is 9.25. The molecule has 0 amide bonds. The van der Waals surface area contributed by atoms with Gasteiger partial charge in [-0.25, -0.2) is 9.37 Å². The Morgan fingerprint density at radius 3 is 2.57 bits per heavy atom. The lowest BCUT2D eigenvalue weighted by Gasteiger charge is -2.11. The second-order valence-electron chi connectivity index (χ2n) is 6.13. The van der Waals surface area contributed by atoms with Gasteiger partial charge < -0.3 is 9.47 Å². The van der Waals surface area contributed by atoms with E-state index in [1.165, 1.54) is 31.5 Å². The first kappa shape index (κ1) is 21.1. The molecule has 0 radical (unpaired) electrons. The highest BCUT2D eigenvalue weighted by atomic mass is 19.4. The van der Waals surface area contributed by atoms with Crippen molar-refractivity contribution in [2.45, 2.75) is 12.8 Å². The van der Waals surface area contributed by atoms with Crippen LogP contribution in [0.5, 0.6) is 11.5 Å². The van der Waals surface area contributed by atoms with E-state index in [0.29, 0.717) is 22.6 Å². The summed E-state index contributed by atoms with van der Waals surface area (Å²) in [7, 11) is 1.48. The number of hydrogen-bond acceptors (Lipinski definition) is 5. The van der Waals surface area contributed by atoms with Crippen LogP contribution in [0.2, 0.25) is 0 Å². The van der Waals surface area contributed by atoms with Gasteiger partial charge in [-0.2, -0.15) is 18.3 Å². The van der Waals surface area contributed by atoms with Crippen molar-refractivity contribution in [1.29, 1.82) is 0 Å². The highest BCUT2D eigenvalue weighted by Gasteiger charge is 2.30. The van der Waals surface area contributed by atoms with E-state index < -0.39 is 11.7 Å². The molecule has 1 aromatic heterocycles. The van der Waals surface area contributed by atoms with Crippen molar-refractivity contribution < 1.29 is 27.0 Å². The summed E-state index contributed by atoms with van der Waals surface area (Å²) in [5.41, 5.74) is 3.06. The largest absolute Gasteiger partial charge is 0.493 e. The molecular weight excluding hydrogens is 402 g/mol. The Bertz CT molecular complexity index is 1020. The molecule has 0 aliphatic carbocycles. The Kier molecular flexibility index (Phi) is 6.51. The molecule has 1 N–H and O–H groups in total. The van der Waals surface area contributed by atoms with Crippen molar-refractivity contribution in [3.63, 3.8) is 0 Å². The Balaban J connectivity index is 1.62. The van der Waals surface area contributed by atoms with Crippen LogP contribution in [0, 0.1) is 5.82 Å². The number of pyridine rings is 1. The first-order chi connectivity index (χ1) is 14.3. The molecule has 3 aromatic rings. The average Bonchev–Trinajstić information content (AvgIpc) is 2.72. The number of halogens is 4. The summed E-state index contributed by atoms with van der Waals surface area (Å²) in [6, 6.07) is 13.3. The number of nitrogens with one attached hydrogen (secondary N) is 1. The number of alkyl halides is 3. The summed E-state index contributed by atoms with van der Waals surface area (Å²) in [4.78, 5) is 3.67. The molecule has 30 heavy (non-hydrogen) atoms. The maximum Gasteiger partial charge on any atom is 0.417 e. The Morgan fingerprint density at radius 2 is 1.90 bits per heavy atom. The van der Waals surface area contributed by atoms with Gasteiger partial charge in [-0.3, -0.25) is 5.43 Å². The molecule has 2 aromatic carbocycles. The van der Waals surface area contributed by atoms with E-state index in [9.17, 15) is 17.6 Å². The van der Waals surface area contributed by atoms with Crippen LogP contribution in [-0.4, -0.2) is 18.3 Å². The summed E-state index contributed by atoms with van der Waals surface area (Å²) in [6.45, 7) is 0.169. The minimum Gasteiger partial charge on any atom is -0.493 e. The van der Waals surface area contributed by atoms with Crippen molar-refractivity contribution >= 4 is 12.0 Å². The summed E-state index contributed by atoms with van der Waals surface area (Å²) >= 11 is 0. The van der Waals surface area contributed by atoms with E-state index >= 15 is 0 Å². The van der Waals surface area contributed by atoms with E-state index in [4.69, 9.17) is 9.47 Å². The van der Waals surface area contributed by atoms with E-state index in [-0.39, 0.29) is 18.2 Å². The van der Waals surface area contributed by atoms with Crippen LogP contribution >= 0.6 is 0 Å². The fourth-order valence-electron chi connectivity index (χ4n) is 2.47. The van der Waals surface area contributed by atoms with Crippen LogP contribution in [0.25, 0.3) is 0 Å². The van der Waals surface area contributed by atoms with Gasteiger partial charge >= 0.3 is 6.18 Å². The number of hydrogen-bond donors (Lipinski definition) is 1. The van der Waals surface area contributed by atoms with Crippen molar-refractivity contribution in [3.05, 3.63) is 83.3 Å². The van der Waals surface area contributed by atoms with Crippen LogP contribution in [0.1, 0.15) is 16.7 Å². The topological polar surface area (TPSA) is 55.7 Å². The Hall–Kier alpha value is -3.62.